The average molecular weight is 332 g/mol. The summed E-state index contributed by atoms with van der Waals surface area (Å²) in [6, 6.07) is 11.6. The minimum atomic E-state index is -0.415. The van der Waals surface area contributed by atoms with Gasteiger partial charge in [-0.05, 0) is 49.6 Å². The van der Waals surface area contributed by atoms with Crippen LogP contribution in [0.3, 0.4) is 0 Å². The molecule has 1 amide bonds. The predicted molar refractivity (Wildman–Crippen MR) is 91.6 cm³/mol. The number of rotatable bonds is 5. The van der Waals surface area contributed by atoms with Crippen LogP contribution in [0, 0.1) is 0 Å². The third-order valence-electron chi connectivity index (χ3n) is 4.75. The number of hydrogen-bond donors (Lipinski definition) is 1. The van der Waals surface area contributed by atoms with Crippen molar-refractivity contribution in [2.24, 2.45) is 0 Å². The van der Waals surface area contributed by atoms with Gasteiger partial charge in [0, 0.05) is 17.5 Å². The van der Waals surface area contributed by atoms with Gasteiger partial charge in [0.05, 0.1) is 11.7 Å². The summed E-state index contributed by atoms with van der Waals surface area (Å²) in [5, 5.41) is 3.88. The van der Waals surface area contributed by atoms with Crippen molar-refractivity contribution in [3.05, 3.63) is 59.0 Å². The van der Waals surface area contributed by atoms with Gasteiger partial charge in [0.2, 0.25) is 5.91 Å². The van der Waals surface area contributed by atoms with Crippen molar-refractivity contribution in [3.8, 4) is 0 Å². The van der Waals surface area contributed by atoms with Crippen LogP contribution >= 0.6 is 11.6 Å². The summed E-state index contributed by atoms with van der Waals surface area (Å²) in [6.07, 6.45) is 6.33. The van der Waals surface area contributed by atoms with Gasteiger partial charge in [-0.3, -0.25) is 4.79 Å². The van der Waals surface area contributed by atoms with Gasteiger partial charge >= 0.3 is 0 Å². The molecule has 2 aromatic rings. The molecule has 1 N–H and O–H groups in total. The number of furan rings is 1. The van der Waals surface area contributed by atoms with E-state index < -0.39 is 5.41 Å². The number of nitrogens with one attached hydrogen (secondary N) is 1. The molecule has 4 heteroatoms. The molecule has 1 aromatic carbocycles. The van der Waals surface area contributed by atoms with Crippen LogP contribution in [-0.2, 0) is 16.6 Å². The molecule has 0 unspecified atom stereocenters. The molecule has 1 saturated carbocycles. The predicted octanol–water partition coefficient (Wildman–Crippen LogP) is 4.49. The van der Waals surface area contributed by atoms with E-state index in [-0.39, 0.29) is 11.9 Å². The molecule has 1 aliphatic carbocycles. The summed E-state index contributed by atoms with van der Waals surface area (Å²) in [5.74, 6) is 1.01. The van der Waals surface area contributed by atoms with E-state index in [1.54, 1.807) is 6.26 Å². The monoisotopic (exact) mass is 331 g/mol. The van der Waals surface area contributed by atoms with Gasteiger partial charge < -0.3 is 9.73 Å². The second kappa shape index (κ2) is 6.79. The van der Waals surface area contributed by atoms with E-state index in [9.17, 15) is 4.79 Å². The van der Waals surface area contributed by atoms with Gasteiger partial charge in [0.25, 0.3) is 0 Å². The Morgan fingerprint density at radius 1 is 1.26 bits per heavy atom. The summed E-state index contributed by atoms with van der Waals surface area (Å²) in [4.78, 5) is 13.0. The summed E-state index contributed by atoms with van der Waals surface area (Å²) >= 11 is 6.00. The van der Waals surface area contributed by atoms with Crippen molar-refractivity contribution in [1.29, 1.82) is 0 Å². The fourth-order valence-corrected chi connectivity index (χ4v) is 3.66. The van der Waals surface area contributed by atoms with E-state index in [4.69, 9.17) is 16.0 Å². The SMILES string of the molecule is C[C@H](Cc1ccco1)NC(=O)C1(c2ccc(Cl)cc2)CCCC1. The largest absolute Gasteiger partial charge is 0.469 e. The fourth-order valence-electron chi connectivity index (χ4n) is 3.54. The van der Waals surface area contributed by atoms with Crippen molar-refractivity contribution in [3.63, 3.8) is 0 Å². The molecule has 1 fully saturated rings. The first kappa shape index (κ1) is 16.1. The van der Waals surface area contributed by atoms with E-state index in [2.05, 4.69) is 5.32 Å². The van der Waals surface area contributed by atoms with Crippen LogP contribution in [0.15, 0.2) is 47.1 Å². The molecule has 0 bridgehead atoms. The Hall–Kier alpha value is -1.74. The minimum Gasteiger partial charge on any atom is -0.469 e. The van der Waals surface area contributed by atoms with E-state index >= 15 is 0 Å². The highest BCUT2D eigenvalue weighted by Gasteiger charge is 2.42. The lowest BCUT2D eigenvalue weighted by atomic mass is 9.78. The van der Waals surface area contributed by atoms with Crippen LogP contribution in [0.4, 0.5) is 0 Å². The minimum absolute atomic E-state index is 0.0402. The van der Waals surface area contributed by atoms with E-state index in [1.165, 1.54) is 0 Å². The number of benzene rings is 1. The number of hydrogen-bond acceptors (Lipinski definition) is 2. The topological polar surface area (TPSA) is 42.2 Å². The molecule has 0 saturated heterocycles. The van der Waals surface area contributed by atoms with Gasteiger partial charge in [-0.25, -0.2) is 0 Å². The highest BCUT2D eigenvalue weighted by molar-refractivity contribution is 6.30. The zero-order chi connectivity index (χ0) is 16.3. The number of carbonyl (C=O) groups is 1. The van der Waals surface area contributed by atoms with Crippen molar-refractivity contribution in [2.75, 3.05) is 0 Å². The molecular formula is C19H22ClNO2. The first-order valence-corrected chi connectivity index (χ1v) is 8.57. The Kier molecular flexibility index (Phi) is 4.76. The third kappa shape index (κ3) is 3.45. The summed E-state index contributed by atoms with van der Waals surface area (Å²) in [7, 11) is 0. The fraction of sp³-hybridized carbons (Fsp3) is 0.421. The Balaban J connectivity index is 1.75. The Morgan fingerprint density at radius 2 is 1.96 bits per heavy atom. The zero-order valence-electron chi connectivity index (χ0n) is 13.3. The van der Waals surface area contributed by atoms with Crippen molar-refractivity contribution < 1.29 is 9.21 Å². The normalized spacial score (nSPS) is 17.8. The van der Waals surface area contributed by atoms with Gasteiger partial charge in [0.1, 0.15) is 5.76 Å². The number of carbonyl (C=O) groups excluding carboxylic acids is 1. The van der Waals surface area contributed by atoms with Crippen molar-refractivity contribution >= 4 is 17.5 Å². The highest BCUT2D eigenvalue weighted by Crippen LogP contribution is 2.41. The van der Waals surface area contributed by atoms with E-state index in [1.807, 2.05) is 43.3 Å². The maximum atomic E-state index is 13.0. The van der Waals surface area contributed by atoms with Crippen molar-refractivity contribution in [2.45, 2.75) is 50.5 Å². The van der Waals surface area contributed by atoms with Crippen LogP contribution < -0.4 is 5.32 Å². The molecule has 1 atom stereocenters. The second-order valence-corrected chi connectivity index (χ2v) is 6.89. The summed E-state index contributed by atoms with van der Waals surface area (Å²) in [5.41, 5.74) is 0.657. The molecule has 1 aliphatic rings. The Labute approximate surface area is 142 Å². The van der Waals surface area contributed by atoms with Crippen LogP contribution in [0.2, 0.25) is 5.02 Å². The maximum absolute atomic E-state index is 13.0. The van der Waals surface area contributed by atoms with E-state index in [0.717, 1.165) is 37.0 Å². The lowest BCUT2D eigenvalue weighted by molar-refractivity contribution is -0.127. The lowest BCUT2D eigenvalue weighted by Crippen LogP contribution is -2.46. The number of halogens is 1. The molecule has 1 heterocycles. The second-order valence-electron chi connectivity index (χ2n) is 6.45. The molecule has 3 rings (SSSR count). The zero-order valence-corrected chi connectivity index (χ0v) is 14.1. The smallest absolute Gasteiger partial charge is 0.230 e. The van der Waals surface area contributed by atoms with Crippen LogP contribution in [-0.4, -0.2) is 11.9 Å². The first-order chi connectivity index (χ1) is 11.1. The lowest BCUT2D eigenvalue weighted by Gasteiger charge is -2.30. The summed E-state index contributed by atoms with van der Waals surface area (Å²) in [6.45, 7) is 2.02. The average Bonchev–Trinajstić information content (AvgIpc) is 3.19. The van der Waals surface area contributed by atoms with Crippen LogP contribution in [0.5, 0.6) is 0 Å². The van der Waals surface area contributed by atoms with Gasteiger partial charge in [-0.2, -0.15) is 0 Å². The molecule has 122 valence electrons. The Morgan fingerprint density at radius 3 is 2.57 bits per heavy atom. The maximum Gasteiger partial charge on any atom is 0.230 e. The quantitative estimate of drug-likeness (QED) is 0.877. The first-order valence-electron chi connectivity index (χ1n) is 8.19. The molecule has 3 nitrogen and oxygen atoms in total. The molecule has 23 heavy (non-hydrogen) atoms. The van der Waals surface area contributed by atoms with Crippen LogP contribution in [0.25, 0.3) is 0 Å². The highest BCUT2D eigenvalue weighted by atomic mass is 35.5. The van der Waals surface area contributed by atoms with Gasteiger partial charge in [0.15, 0.2) is 0 Å². The molecule has 0 spiro atoms. The van der Waals surface area contributed by atoms with E-state index in [0.29, 0.717) is 11.4 Å². The molecule has 0 radical (unpaired) electrons. The van der Waals surface area contributed by atoms with Crippen molar-refractivity contribution in [1.82, 2.24) is 5.32 Å². The molecule has 1 aromatic heterocycles. The van der Waals surface area contributed by atoms with Crippen LogP contribution in [0.1, 0.15) is 43.9 Å². The molecular weight excluding hydrogens is 310 g/mol. The standard InChI is InChI=1S/C19H22ClNO2/c1-14(13-17-5-4-12-23-17)21-18(22)19(10-2-3-11-19)15-6-8-16(20)9-7-15/h4-9,12,14H,2-3,10-11,13H2,1H3,(H,21,22)/t14-/m1/s1. The number of amides is 1. The Bertz CT molecular complexity index is 643. The van der Waals surface area contributed by atoms with Gasteiger partial charge in [-0.15, -0.1) is 0 Å². The van der Waals surface area contributed by atoms with Gasteiger partial charge in [-0.1, -0.05) is 36.6 Å². The molecule has 0 aliphatic heterocycles. The summed E-state index contributed by atoms with van der Waals surface area (Å²) < 4.78 is 5.37. The third-order valence-corrected chi connectivity index (χ3v) is 5.01.